The Hall–Kier alpha value is -3.94. The van der Waals surface area contributed by atoms with Crippen LogP contribution < -0.4 is 4.90 Å². The first-order chi connectivity index (χ1) is 21.1. The monoisotopic (exact) mass is 589 g/mol. The van der Waals surface area contributed by atoms with Crippen LogP contribution in [0.1, 0.15) is 55.4 Å². The van der Waals surface area contributed by atoms with Crippen molar-refractivity contribution in [2.75, 3.05) is 4.90 Å². The summed E-state index contributed by atoms with van der Waals surface area (Å²) in [6, 6.07) is 23.4. The molecule has 2 amide bonds. The van der Waals surface area contributed by atoms with Crippen LogP contribution in [0.5, 0.6) is 5.75 Å². The summed E-state index contributed by atoms with van der Waals surface area (Å²) in [5.74, 6) is -1.02. The van der Waals surface area contributed by atoms with Crippen LogP contribution in [0.2, 0.25) is 6.32 Å². The highest BCUT2D eigenvalue weighted by molar-refractivity contribution is 6.43. The van der Waals surface area contributed by atoms with E-state index in [4.69, 9.17) is 4.65 Å². The first-order valence-corrected chi connectivity index (χ1v) is 15.7. The molecule has 3 aromatic rings. The predicted molar refractivity (Wildman–Crippen MR) is 175 cm³/mol. The van der Waals surface area contributed by atoms with Gasteiger partial charge in [0.2, 0.25) is 11.8 Å². The van der Waals surface area contributed by atoms with E-state index in [-0.39, 0.29) is 29.8 Å². The lowest BCUT2D eigenvalue weighted by Gasteiger charge is -2.44. The minimum absolute atomic E-state index is 0.144. The van der Waals surface area contributed by atoms with E-state index >= 15 is 0 Å². The van der Waals surface area contributed by atoms with Crippen LogP contribution >= 0.6 is 0 Å². The summed E-state index contributed by atoms with van der Waals surface area (Å²) in [5.41, 5.74) is 7.77. The van der Waals surface area contributed by atoms with Crippen molar-refractivity contribution in [1.29, 1.82) is 0 Å². The van der Waals surface area contributed by atoms with Gasteiger partial charge in [-0.1, -0.05) is 74.0 Å². The molecule has 2 N–H and O–H groups in total. The number of carbonyl (C=O) groups excluding carboxylic acids is 2. The molecule has 3 aliphatic rings. The summed E-state index contributed by atoms with van der Waals surface area (Å²) in [6.07, 6.45) is 3.93. The molecule has 2 heterocycles. The first kappa shape index (κ1) is 30.1. The van der Waals surface area contributed by atoms with E-state index in [9.17, 15) is 19.7 Å². The van der Waals surface area contributed by atoms with E-state index in [1.54, 1.807) is 12.1 Å². The van der Waals surface area contributed by atoms with Gasteiger partial charge in [0, 0.05) is 0 Å². The van der Waals surface area contributed by atoms with Gasteiger partial charge in [0.25, 0.3) is 0 Å². The highest BCUT2D eigenvalue weighted by atomic mass is 16.5. The molecular weight excluding hydrogens is 549 g/mol. The normalized spacial score (nSPS) is 23.8. The molecule has 0 unspecified atom stereocenters. The second-order valence-electron chi connectivity index (χ2n) is 12.8. The number of hydrogen-bond donors (Lipinski definition) is 2. The van der Waals surface area contributed by atoms with Crippen LogP contribution in [-0.2, 0) is 14.2 Å². The smallest absolute Gasteiger partial charge is 0.455 e. The first-order valence-electron chi connectivity index (χ1n) is 15.7. The largest absolute Gasteiger partial charge is 0.507 e. The fourth-order valence-corrected chi connectivity index (χ4v) is 7.59. The Labute approximate surface area is 260 Å². The van der Waals surface area contributed by atoms with Crippen molar-refractivity contribution in [3.8, 4) is 5.75 Å². The summed E-state index contributed by atoms with van der Waals surface area (Å²) in [4.78, 5) is 29.1. The quantitative estimate of drug-likeness (QED) is 0.134. The molecule has 0 saturated carbocycles. The van der Waals surface area contributed by atoms with Gasteiger partial charge < -0.3 is 14.8 Å². The fraction of sp³-hybridized carbons (Fsp3) is 0.351. The van der Waals surface area contributed by atoms with Crippen molar-refractivity contribution in [2.24, 2.45) is 23.7 Å². The lowest BCUT2D eigenvalue weighted by molar-refractivity contribution is -0.122. The van der Waals surface area contributed by atoms with Gasteiger partial charge in [0.1, 0.15) is 5.75 Å². The van der Waals surface area contributed by atoms with Crippen LogP contribution in [-0.4, -0.2) is 35.2 Å². The average Bonchev–Trinajstić information content (AvgIpc) is 3.27. The number of aromatic hydroxyl groups is 1. The molecule has 0 radical (unpaired) electrons. The van der Waals surface area contributed by atoms with Gasteiger partial charge in [-0.05, 0) is 109 Å². The second kappa shape index (κ2) is 12.2. The molecule has 7 heteroatoms. The number of hydrogen-bond acceptors (Lipinski definition) is 5. The van der Waals surface area contributed by atoms with Gasteiger partial charge in [-0.25, -0.2) is 0 Å². The predicted octanol–water partition coefficient (Wildman–Crippen LogP) is 6.99. The number of aryl methyl sites for hydroxylation is 2. The number of anilines is 1. The molecule has 1 aliphatic carbocycles. The lowest BCUT2D eigenvalue weighted by atomic mass is 9.57. The van der Waals surface area contributed by atoms with Gasteiger partial charge in [-0.3, -0.25) is 14.5 Å². The van der Waals surface area contributed by atoms with Crippen LogP contribution in [0.15, 0.2) is 83.9 Å². The topological polar surface area (TPSA) is 87.1 Å². The summed E-state index contributed by atoms with van der Waals surface area (Å²) in [7, 11) is -1.01. The van der Waals surface area contributed by atoms with Crippen LogP contribution in [0.3, 0.4) is 0 Å². The molecule has 2 fully saturated rings. The van der Waals surface area contributed by atoms with Crippen LogP contribution in [0.4, 0.5) is 5.69 Å². The Kier molecular flexibility index (Phi) is 8.36. The number of fused-ring (bicyclic) bond motifs is 3. The van der Waals surface area contributed by atoms with Crippen LogP contribution in [0.25, 0.3) is 11.6 Å². The maximum Gasteiger partial charge on any atom is 0.455 e. The zero-order chi connectivity index (χ0) is 31.1. The van der Waals surface area contributed by atoms with Gasteiger partial charge in [-0.15, -0.1) is 0 Å². The summed E-state index contributed by atoms with van der Waals surface area (Å²) < 4.78 is 6.28. The van der Waals surface area contributed by atoms with E-state index in [0.29, 0.717) is 37.0 Å². The minimum atomic E-state index is -1.01. The number of amides is 2. The third kappa shape index (κ3) is 5.55. The Morgan fingerprint density at radius 3 is 2.25 bits per heavy atom. The molecule has 0 aromatic heterocycles. The van der Waals surface area contributed by atoms with Gasteiger partial charge in [-0.2, -0.15) is 0 Å². The standard InChI is InChI=1S/C37H40BNO5/c1-22(2)29-20-30-34(37(42)39(36(30)41)28-13-9-6-10-14-28)31-21-38(43)44-32(33(29)31)16-15-27(26-11-7-5-8-12-26)19-25-17-23(3)35(40)24(4)18-25/h5-14,17-19,22,30-32,34,40,43H,15-16,20-21H2,1-4H3/b27-19-/t30-,31+,32-,34-/m1/s1. The third-order valence-corrected chi connectivity index (χ3v) is 9.63. The third-order valence-electron chi connectivity index (χ3n) is 9.63. The van der Waals surface area contributed by atoms with E-state index < -0.39 is 19.0 Å². The van der Waals surface area contributed by atoms with Crippen molar-refractivity contribution in [3.63, 3.8) is 0 Å². The molecule has 4 atom stereocenters. The van der Waals surface area contributed by atoms with E-state index in [1.165, 1.54) is 10.5 Å². The molecule has 6 nitrogen and oxygen atoms in total. The zero-order valence-electron chi connectivity index (χ0n) is 25.9. The second-order valence-corrected chi connectivity index (χ2v) is 12.8. The number of para-hydroxylation sites is 1. The highest BCUT2D eigenvalue weighted by Crippen LogP contribution is 2.52. The van der Waals surface area contributed by atoms with Crippen molar-refractivity contribution in [2.45, 2.75) is 59.4 Å². The molecule has 2 saturated heterocycles. The molecule has 2 aliphatic heterocycles. The minimum Gasteiger partial charge on any atom is -0.507 e. The van der Waals surface area contributed by atoms with Crippen molar-refractivity contribution in [1.82, 2.24) is 0 Å². The highest BCUT2D eigenvalue weighted by Gasteiger charge is 2.57. The van der Waals surface area contributed by atoms with E-state index in [1.807, 2.05) is 62.4 Å². The van der Waals surface area contributed by atoms with Gasteiger partial charge in [0.15, 0.2) is 0 Å². The zero-order valence-corrected chi connectivity index (χ0v) is 25.9. The number of imide groups is 1. The van der Waals surface area contributed by atoms with E-state index in [2.05, 4.69) is 32.1 Å². The average molecular weight is 590 g/mol. The van der Waals surface area contributed by atoms with E-state index in [0.717, 1.165) is 33.4 Å². The molecule has 226 valence electrons. The number of phenolic OH excluding ortho intramolecular Hbond substituents is 1. The number of nitrogens with zero attached hydrogens (tertiary/aromatic N) is 1. The molecular formula is C37H40BNO5. The summed E-state index contributed by atoms with van der Waals surface area (Å²) in [5, 5.41) is 21.3. The number of carbonyl (C=O) groups is 2. The van der Waals surface area contributed by atoms with Gasteiger partial charge in [0.05, 0.1) is 23.6 Å². The fourth-order valence-electron chi connectivity index (χ4n) is 7.59. The molecule has 44 heavy (non-hydrogen) atoms. The number of phenols is 1. The Morgan fingerprint density at radius 2 is 1.61 bits per heavy atom. The van der Waals surface area contributed by atoms with Crippen molar-refractivity contribution in [3.05, 3.63) is 106 Å². The van der Waals surface area contributed by atoms with Crippen LogP contribution in [0, 0.1) is 37.5 Å². The molecule has 3 aromatic carbocycles. The maximum atomic E-state index is 14.0. The van der Waals surface area contributed by atoms with Crippen molar-refractivity contribution >= 4 is 36.3 Å². The number of rotatable bonds is 7. The van der Waals surface area contributed by atoms with Crippen molar-refractivity contribution < 1.29 is 24.4 Å². The summed E-state index contributed by atoms with van der Waals surface area (Å²) >= 11 is 0. The summed E-state index contributed by atoms with van der Waals surface area (Å²) in [6.45, 7) is 8.10. The molecule has 0 bridgehead atoms. The number of benzene rings is 3. The lowest BCUT2D eigenvalue weighted by Crippen LogP contribution is -2.46. The maximum absolute atomic E-state index is 14.0. The Morgan fingerprint density at radius 1 is 0.977 bits per heavy atom. The SMILES string of the molecule is Cc1cc(/C=C(/CC[C@H]2OB(O)C[C@H]3C2=C(C(C)C)C[C@H]2C(=O)N(c4ccccc4)C(=O)[C@H]23)c2ccccc2)cc(C)c1O. The Bertz CT molecular complexity index is 1610. The van der Waals surface area contributed by atoms with Gasteiger partial charge >= 0.3 is 7.12 Å². The molecule has 6 rings (SSSR count). The molecule has 0 spiro atoms. The number of allylic oxidation sites excluding steroid dienone is 2. The Balaban J connectivity index is 1.35.